The third-order valence-electron chi connectivity index (χ3n) is 2.31. The van der Waals surface area contributed by atoms with Crippen LogP contribution in [0.5, 0.6) is 0 Å². The predicted octanol–water partition coefficient (Wildman–Crippen LogP) is 2.85. The summed E-state index contributed by atoms with van der Waals surface area (Å²) in [6.45, 7) is 1.84. The number of pyridine rings is 1. The van der Waals surface area contributed by atoms with Crippen LogP contribution in [0, 0.1) is 12.7 Å². The molecule has 0 aliphatic carbocycles. The normalized spacial score (nSPS) is 10.1. The predicted molar refractivity (Wildman–Crippen MR) is 63.1 cm³/mol. The van der Waals surface area contributed by atoms with Crippen molar-refractivity contribution in [1.82, 2.24) is 4.98 Å². The van der Waals surface area contributed by atoms with Crippen LogP contribution in [0.2, 0.25) is 0 Å². The molecule has 0 bridgehead atoms. The minimum absolute atomic E-state index is 0.245. The number of nitrogens with two attached hydrogens (primary N) is 1. The van der Waals surface area contributed by atoms with Gasteiger partial charge in [-0.2, -0.15) is 0 Å². The molecule has 4 heteroatoms. The summed E-state index contributed by atoms with van der Waals surface area (Å²) < 4.78 is 12.9. The lowest BCUT2D eigenvalue weighted by Gasteiger charge is -2.11. The first-order chi connectivity index (χ1) is 7.66. The van der Waals surface area contributed by atoms with Gasteiger partial charge < -0.3 is 11.1 Å². The monoisotopic (exact) mass is 217 g/mol. The molecule has 0 aliphatic heterocycles. The first-order valence-corrected chi connectivity index (χ1v) is 4.89. The third-order valence-corrected chi connectivity index (χ3v) is 2.31. The molecule has 2 aromatic rings. The zero-order valence-corrected chi connectivity index (χ0v) is 8.87. The zero-order valence-electron chi connectivity index (χ0n) is 8.87. The molecule has 16 heavy (non-hydrogen) atoms. The van der Waals surface area contributed by atoms with E-state index in [0.717, 1.165) is 16.9 Å². The second-order valence-corrected chi connectivity index (χ2v) is 3.55. The van der Waals surface area contributed by atoms with Crippen molar-refractivity contribution in [1.29, 1.82) is 0 Å². The molecule has 0 spiro atoms. The van der Waals surface area contributed by atoms with Crippen molar-refractivity contribution >= 4 is 17.1 Å². The molecule has 0 unspecified atom stereocenters. The van der Waals surface area contributed by atoms with Crippen LogP contribution in [0.1, 0.15) is 5.56 Å². The lowest BCUT2D eigenvalue weighted by atomic mass is 10.2. The molecule has 1 aromatic heterocycles. The number of nitrogen functional groups attached to an aromatic ring is 1. The van der Waals surface area contributed by atoms with Crippen molar-refractivity contribution in [3.8, 4) is 0 Å². The zero-order chi connectivity index (χ0) is 11.5. The fourth-order valence-electron chi connectivity index (χ4n) is 1.43. The van der Waals surface area contributed by atoms with E-state index >= 15 is 0 Å². The minimum Gasteiger partial charge on any atom is -0.396 e. The van der Waals surface area contributed by atoms with Crippen LogP contribution in [0.4, 0.5) is 21.5 Å². The van der Waals surface area contributed by atoms with Crippen LogP contribution in [-0.2, 0) is 0 Å². The maximum absolute atomic E-state index is 12.9. The van der Waals surface area contributed by atoms with Crippen molar-refractivity contribution in [3.63, 3.8) is 0 Å². The van der Waals surface area contributed by atoms with Crippen molar-refractivity contribution in [2.45, 2.75) is 6.92 Å². The van der Waals surface area contributed by atoms with E-state index < -0.39 is 0 Å². The van der Waals surface area contributed by atoms with Gasteiger partial charge in [-0.1, -0.05) is 0 Å². The highest BCUT2D eigenvalue weighted by Crippen LogP contribution is 2.24. The van der Waals surface area contributed by atoms with Gasteiger partial charge in [-0.05, 0) is 36.8 Å². The lowest BCUT2D eigenvalue weighted by molar-refractivity contribution is 0.627. The standard InChI is InChI=1S/C12H12FN3/c1-8-6-9(13)2-3-11(8)16-12-4-5-15-7-10(12)14/h2-7H,14H2,1H3,(H,15,16). The van der Waals surface area contributed by atoms with E-state index in [1.807, 2.05) is 6.92 Å². The molecule has 82 valence electrons. The number of nitrogens with zero attached hydrogens (tertiary/aromatic N) is 1. The Morgan fingerprint density at radius 1 is 1.25 bits per heavy atom. The van der Waals surface area contributed by atoms with Crippen LogP contribution in [0.25, 0.3) is 0 Å². The topological polar surface area (TPSA) is 50.9 Å². The van der Waals surface area contributed by atoms with E-state index in [1.54, 1.807) is 24.5 Å². The quantitative estimate of drug-likeness (QED) is 0.813. The number of aryl methyl sites for hydroxylation is 1. The minimum atomic E-state index is -0.245. The van der Waals surface area contributed by atoms with Crippen LogP contribution in [0.15, 0.2) is 36.7 Å². The summed E-state index contributed by atoms with van der Waals surface area (Å²) in [7, 11) is 0. The highest BCUT2D eigenvalue weighted by atomic mass is 19.1. The summed E-state index contributed by atoms with van der Waals surface area (Å²) in [4.78, 5) is 3.90. The number of benzene rings is 1. The highest BCUT2D eigenvalue weighted by molar-refractivity contribution is 5.72. The Bertz CT molecular complexity index is 511. The third kappa shape index (κ3) is 2.11. The molecule has 0 amide bonds. The molecule has 1 aromatic carbocycles. The van der Waals surface area contributed by atoms with Gasteiger partial charge in [0.05, 0.1) is 17.6 Å². The van der Waals surface area contributed by atoms with Crippen LogP contribution >= 0.6 is 0 Å². The van der Waals surface area contributed by atoms with Crippen LogP contribution < -0.4 is 11.1 Å². The van der Waals surface area contributed by atoms with Gasteiger partial charge in [0.25, 0.3) is 0 Å². The summed E-state index contributed by atoms with van der Waals surface area (Å²) >= 11 is 0. The Morgan fingerprint density at radius 3 is 2.75 bits per heavy atom. The first-order valence-electron chi connectivity index (χ1n) is 4.89. The number of nitrogens with one attached hydrogen (secondary N) is 1. The first kappa shape index (κ1) is 10.4. The van der Waals surface area contributed by atoms with Crippen molar-refractivity contribution < 1.29 is 4.39 Å². The van der Waals surface area contributed by atoms with Gasteiger partial charge >= 0.3 is 0 Å². The lowest BCUT2D eigenvalue weighted by Crippen LogP contribution is -1.98. The number of halogens is 1. The van der Waals surface area contributed by atoms with Gasteiger partial charge in [-0.3, -0.25) is 4.98 Å². The average molecular weight is 217 g/mol. The average Bonchev–Trinajstić information content (AvgIpc) is 2.25. The Labute approximate surface area is 93.1 Å². The number of rotatable bonds is 2. The summed E-state index contributed by atoms with van der Waals surface area (Å²) in [5.41, 5.74) is 8.74. The van der Waals surface area contributed by atoms with Crippen molar-refractivity contribution in [3.05, 3.63) is 48.0 Å². The number of anilines is 3. The maximum atomic E-state index is 12.9. The van der Waals surface area contributed by atoms with E-state index in [-0.39, 0.29) is 5.82 Å². The molecule has 0 saturated carbocycles. The van der Waals surface area contributed by atoms with E-state index in [9.17, 15) is 4.39 Å². The maximum Gasteiger partial charge on any atom is 0.123 e. The summed E-state index contributed by atoms with van der Waals surface area (Å²) in [6.07, 6.45) is 3.22. The van der Waals surface area contributed by atoms with Crippen molar-refractivity contribution in [2.75, 3.05) is 11.1 Å². The van der Waals surface area contributed by atoms with Gasteiger partial charge in [-0.15, -0.1) is 0 Å². The fraction of sp³-hybridized carbons (Fsp3) is 0.0833. The molecule has 3 nitrogen and oxygen atoms in total. The Morgan fingerprint density at radius 2 is 2.06 bits per heavy atom. The Kier molecular flexibility index (Phi) is 2.72. The van der Waals surface area contributed by atoms with Crippen molar-refractivity contribution in [2.24, 2.45) is 0 Å². The molecule has 0 fully saturated rings. The van der Waals surface area contributed by atoms with E-state index in [2.05, 4.69) is 10.3 Å². The summed E-state index contributed by atoms with van der Waals surface area (Å²) in [5.74, 6) is -0.245. The summed E-state index contributed by atoms with van der Waals surface area (Å²) in [5, 5.41) is 3.14. The molecule has 0 atom stereocenters. The van der Waals surface area contributed by atoms with Gasteiger partial charge in [0.1, 0.15) is 5.82 Å². The molecule has 3 N–H and O–H groups in total. The summed E-state index contributed by atoms with van der Waals surface area (Å²) in [6, 6.07) is 6.34. The smallest absolute Gasteiger partial charge is 0.123 e. The molecule has 1 heterocycles. The van der Waals surface area contributed by atoms with Gasteiger partial charge in [0.2, 0.25) is 0 Å². The van der Waals surface area contributed by atoms with E-state index in [1.165, 1.54) is 12.1 Å². The van der Waals surface area contributed by atoms with Crippen LogP contribution in [0.3, 0.4) is 0 Å². The highest BCUT2D eigenvalue weighted by Gasteiger charge is 2.02. The second-order valence-electron chi connectivity index (χ2n) is 3.55. The second kappa shape index (κ2) is 4.18. The number of hydrogen-bond acceptors (Lipinski definition) is 3. The van der Waals surface area contributed by atoms with E-state index in [4.69, 9.17) is 5.73 Å². The molecule has 0 saturated heterocycles. The molecule has 2 rings (SSSR count). The fourth-order valence-corrected chi connectivity index (χ4v) is 1.43. The molecule has 0 radical (unpaired) electrons. The Hall–Kier alpha value is -2.10. The SMILES string of the molecule is Cc1cc(F)ccc1Nc1ccncc1N. The molecular formula is C12H12FN3. The van der Waals surface area contributed by atoms with Gasteiger partial charge in [0.15, 0.2) is 0 Å². The molecular weight excluding hydrogens is 205 g/mol. The van der Waals surface area contributed by atoms with Gasteiger partial charge in [0, 0.05) is 11.9 Å². The van der Waals surface area contributed by atoms with Gasteiger partial charge in [-0.25, -0.2) is 4.39 Å². The largest absolute Gasteiger partial charge is 0.396 e. The van der Waals surface area contributed by atoms with E-state index in [0.29, 0.717) is 5.69 Å². The Balaban J connectivity index is 2.31. The number of aromatic nitrogens is 1. The van der Waals surface area contributed by atoms with Crippen LogP contribution in [-0.4, -0.2) is 4.98 Å². The number of hydrogen-bond donors (Lipinski definition) is 2. The molecule has 0 aliphatic rings.